The van der Waals surface area contributed by atoms with E-state index in [4.69, 9.17) is 9.72 Å². The van der Waals surface area contributed by atoms with Crippen LogP contribution in [0, 0.1) is 5.92 Å². The van der Waals surface area contributed by atoms with Crippen molar-refractivity contribution in [2.75, 3.05) is 0 Å². The lowest BCUT2D eigenvalue weighted by Gasteiger charge is -2.16. The second-order valence-electron chi connectivity index (χ2n) is 12.0. The lowest BCUT2D eigenvalue weighted by molar-refractivity contribution is -0.139. The van der Waals surface area contributed by atoms with Gasteiger partial charge in [-0.1, -0.05) is 71.6 Å². The largest absolute Gasteiger partial charge is 0.480 e. The van der Waals surface area contributed by atoms with Crippen molar-refractivity contribution < 1.29 is 19.4 Å². The summed E-state index contributed by atoms with van der Waals surface area (Å²) in [6.45, 7) is 8.56. The van der Waals surface area contributed by atoms with Crippen LogP contribution in [-0.4, -0.2) is 28.0 Å². The van der Waals surface area contributed by atoms with Crippen molar-refractivity contribution >= 4 is 34.0 Å². The number of hydrogen-bond donors (Lipinski definition) is 2. The molecule has 7 heteroatoms. The number of aliphatic carboxylic acids is 1. The number of thiophene rings is 1. The topological polar surface area (TPSA) is 88.5 Å². The molecule has 0 radical (unpaired) electrons. The van der Waals surface area contributed by atoms with Crippen LogP contribution in [0.25, 0.3) is 10.8 Å². The molecule has 2 aromatic carbocycles. The summed E-state index contributed by atoms with van der Waals surface area (Å²) in [5.41, 5.74) is 2.36. The highest BCUT2D eigenvalue weighted by molar-refractivity contribution is 7.12. The van der Waals surface area contributed by atoms with Gasteiger partial charge in [0.25, 0.3) is 5.91 Å². The Morgan fingerprint density at radius 3 is 2.31 bits per heavy atom. The van der Waals surface area contributed by atoms with Crippen LogP contribution >= 0.6 is 11.3 Å². The quantitative estimate of drug-likeness (QED) is 0.185. The van der Waals surface area contributed by atoms with Crippen molar-refractivity contribution in [2.45, 2.75) is 84.1 Å². The number of nitrogens with zero attached hydrogens (tertiary/aromatic N) is 1. The summed E-state index contributed by atoms with van der Waals surface area (Å²) in [6.07, 6.45) is 5.74. The van der Waals surface area contributed by atoms with E-state index in [2.05, 4.69) is 45.1 Å². The Morgan fingerprint density at radius 1 is 0.952 bits per heavy atom. The molecule has 220 valence electrons. The Bertz CT molecular complexity index is 1550. The van der Waals surface area contributed by atoms with Gasteiger partial charge in [-0.25, -0.2) is 9.78 Å². The highest BCUT2D eigenvalue weighted by Crippen LogP contribution is 2.33. The number of benzene rings is 2. The summed E-state index contributed by atoms with van der Waals surface area (Å²) >= 11 is 1.59. The van der Waals surface area contributed by atoms with Gasteiger partial charge in [-0.15, -0.1) is 11.3 Å². The number of rotatable bonds is 11. The molecule has 4 aromatic rings. The summed E-state index contributed by atoms with van der Waals surface area (Å²) < 4.78 is 6.20. The van der Waals surface area contributed by atoms with Crippen molar-refractivity contribution in [3.63, 3.8) is 0 Å². The maximum atomic E-state index is 13.4. The van der Waals surface area contributed by atoms with Gasteiger partial charge < -0.3 is 15.2 Å². The predicted octanol–water partition coefficient (Wildman–Crippen LogP) is 8.49. The molecule has 1 aliphatic rings. The van der Waals surface area contributed by atoms with E-state index >= 15 is 0 Å². The molecule has 1 amide bonds. The van der Waals surface area contributed by atoms with Crippen LogP contribution in [-0.2, 0) is 17.6 Å². The van der Waals surface area contributed by atoms with Gasteiger partial charge in [-0.05, 0) is 77.6 Å². The molecule has 0 aliphatic heterocycles. The van der Waals surface area contributed by atoms with Gasteiger partial charge in [0.1, 0.15) is 23.2 Å². The third-order valence-corrected chi connectivity index (χ3v) is 9.52. The number of carbonyl (C=O) groups is 2. The molecule has 0 spiro atoms. The van der Waals surface area contributed by atoms with Gasteiger partial charge in [0.2, 0.25) is 0 Å². The molecule has 2 heterocycles. The number of ether oxygens (including phenoxy) is 1. The first-order valence-corrected chi connectivity index (χ1v) is 15.8. The summed E-state index contributed by atoms with van der Waals surface area (Å²) in [5.74, 6) is 1.31. The summed E-state index contributed by atoms with van der Waals surface area (Å²) in [4.78, 5) is 32.5. The lowest BCUT2D eigenvalue weighted by Crippen LogP contribution is -2.42. The molecular weight excluding hydrogens is 544 g/mol. The fraction of sp³-hybridized carbons (Fsp3) is 0.400. The normalized spacial score (nSPS) is 14.5. The third-order valence-electron chi connectivity index (χ3n) is 8.12. The number of fused-ring (bicyclic) bond motifs is 1. The minimum atomic E-state index is -1.06. The van der Waals surface area contributed by atoms with E-state index in [1.807, 2.05) is 42.5 Å². The Morgan fingerprint density at radius 2 is 1.67 bits per heavy atom. The van der Waals surface area contributed by atoms with Gasteiger partial charge in [0, 0.05) is 27.3 Å². The van der Waals surface area contributed by atoms with E-state index in [1.165, 1.54) is 23.3 Å². The van der Waals surface area contributed by atoms with Crippen LogP contribution in [0.3, 0.4) is 0 Å². The summed E-state index contributed by atoms with van der Waals surface area (Å²) in [7, 11) is 0. The van der Waals surface area contributed by atoms with E-state index < -0.39 is 17.9 Å². The fourth-order valence-electron chi connectivity index (χ4n) is 5.62. The van der Waals surface area contributed by atoms with Crippen molar-refractivity contribution in [1.82, 2.24) is 10.3 Å². The number of pyridine rings is 1. The minimum Gasteiger partial charge on any atom is -0.480 e. The molecule has 1 saturated carbocycles. The van der Waals surface area contributed by atoms with E-state index in [0.29, 0.717) is 23.5 Å². The van der Waals surface area contributed by atoms with Gasteiger partial charge in [0.15, 0.2) is 0 Å². The van der Waals surface area contributed by atoms with Gasteiger partial charge in [-0.2, -0.15) is 0 Å². The van der Waals surface area contributed by atoms with Crippen LogP contribution in [0.15, 0.2) is 60.7 Å². The van der Waals surface area contributed by atoms with E-state index in [1.54, 1.807) is 17.4 Å². The summed E-state index contributed by atoms with van der Waals surface area (Å²) in [6, 6.07) is 18.7. The first-order chi connectivity index (χ1) is 20.2. The monoisotopic (exact) mass is 584 g/mol. The van der Waals surface area contributed by atoms with Crippen molar-refractivity contribution in [3.8, 4) is 11.5 Å². The molecule has 0 saturated heterocycles. The minimum absolute atomic E-state index is 0.236. The molecular formula is C35H40N2O4S. The molecule has 2 N–H and O–H groups in total. The number of hydrogen-bond acceptors (Lipinski definition) is 5. The van der Waals surface area contributed by atoms with E-state index in [0.717, 1.165) is 46.4 Å². The van der Waals surface area contributed by atoms with Crippen LogP contribution in [0.2, 0.25) is 0 Å². The molecule has 1 fully saturated rings. The zero-order valence-electron chi connectivity index (χ0n) is 24.9. The zero-order chi connectivity index (χ0) is 29.8. The Balaban J connectivity index is 1.41. The first kappa shape index (κ1) is 29.8. The highest BCUT2D eigenvalue weighted by Gasteiger charge is 2.25. The molecule has 5 rings (SSSR count). The van der Waals surface area contributed by atoms with E-state index in [-0.39, 0.29) is 12.1 Å². The van der Waals surface area contributed by atoms with Crippen LogP contribution in [0.5, 0.6) is 11.5 Å². The van der Waals surface area contributed by atoms with Gasteiger partial charge in [0.05, 0.1) is 0 Å². The van der Waals surface area contributed by atoms with Gasteiger partial charge >= 0.3 is 5.97 Å². The van der Waals surface area contributed by atoms with E-state index in [9.17, 15) is 14.7 Å². The van der Waals surface area contributed by atoms with Crippen molar-refractivity contribution in [3.05, 3.63) is 87.4 Å². The van der Waals surface area contributed by atoms with Crippen molar-refractivity contribution in [1.29, 1.82) is 0 Å². The molecule has 0 bridgehead atoms. The molecule has 6 nitrogen and oxygen atoms in total. The van der Waals surface area contributed by atoms with Crippen LogP contribution in [0.4, 0.5) is 0 Å². The van der Waals surface area contributed by atoms with Crippen molar-refractivity contribution in [2.24, 2.45) is 5.92 Å². The average Bonchev–Trinajstić information content (AvgIpc) is 3.65. The molecule has 2 aromatic heterocycles. The molecule has 1 atom stereocenters. The SMILES string of the molecule is CC(C)c1ccc(Oc2ccc3cc(C(=O)N[C@@H](Cc4ccc(C(C)C)s4)C(=O)O)nc(CC4CCCC4)c3c2)cc1. The number of carboxylic acid groups (broad SMARTS) is 1. The second kappa shape index (κ2) is 13.1. The number of carbonyl (C=O) groups excluding carboxylic acids is 1. The maximum Gasteiger partial charge on any atom is 0.326 e. The number of amides is 1. The van der Waals surface area contributed by atoms with Gasteiger partial charge in [-0.3, -0.25) is 4.79 Å². The highest BCUT2D eigenvalue weighted by atomic mass is 32.1. The fourth-order valence-corrected chi connectivity index (χ4v) is 6.69. The molecule has 1 aliphatic carbocycles. The maximum absolute atomic E-state index is 13.4. The molecule has 0 unspecified atom stereocenters. The number of aromatic nitrogens is 1. The predicted molar refractivity (Wildman–Crippen MR) is 169 cm³/mol. The Kier molecular flexibility index (Phi) is 9.27. The lowest BCUT2D eigenvalue weighted by atomic mass is 9.97. The first-order valence-electron chi connectivity index (χ1n) is 15.0. The smallest absolute Gasteiger partial charge is 0.326 e. The number of nitrogens with one attached hydrogen (secondary N) is 1. The molecule has 42 heavy (non-hydrogen) atoms. The Labute approximate surface area is 252 Å². The standard InChI is InChI=1S/C35H40N2O4S/c1-21(2)24-9-12-26(13-10-24)41-27-14-11-25-18-31(36-30(29(25)19-27)17-23-7-5-6-8-23)34(38)37-32(35(39)40)20-28-15-16-33(42-28)22(3)4/h9-16,18-19,21-23,32H,5-8,17,20H2,1-4H3,(H,37,38)(H,39,40)/t32-/m0/s1. The second-order valence-corrected chi connectivity index (χ2v) is 13.2. The summed E-state index contributed by atoms with van der Waals surface area (Å²) in [5, 5.41) is 14.5. The number of carboxylic acids is 1. The average molecular weight is 585 g/mol. The Hall–Kier alpha value is -3.71. The third kappa shape index (κ3) is 7.19. The zero-order valence-corrected chi connectivity index (χ0v) is 25.7. The van der Waals surface area contributed by atoms with Crippen LogP contribution < -0.4 is 10.1 Å². The van der Waals surface area contributed by atoms with Crippen LogP contribution in [0.1, 0.15) is 96.7 Å².